The van der Waals surface area contributed by atoms with Gasteiger partial charge >= 0.3 is 0 Å². The number of carbonyl (C=O) groups is 1. The summed E-state index contributed by atoms with van der Waals surface area (Å²) in [6, 6.07) is 9.34. The van der Waals surface area contributed by atoms with Gasteiger partial charge in [-0.25, -0.2) is 8.42 Å². The number of hydrogen-bond acceptors (Lipinski definition) is 5. The van der Waals surface area contributed by atoms with Crippen LogP contribution in [0.3, 0.4) is 0 Å². The normalized spacial score (nSPS) is 17.4. The fraction of sp³-hybridized carbons (Fsp3) is 0.350. The highest BCUT2D eigenvalue weighted by molar-refractivity contribution is 7.89. The van der Waals surface area contributed by atoms with Crippen molar-refractivity contribution in [1.82, 2.24) is 4.31 Å². The smallest absolute Gasteiger partial charge is 0.244 e. The van der Waals surface area contributed by atoms with Crippen LogP contribution in [-0.2, 0) is 14.8 Å². The van der Waals surface area contributed by atoms with E-state index in [9.17, 15) is 13.2 Å². The molecule has 1 aliphatic rings. The van der Waals surface area contributed by atoms with Crippen LogP contribution in [-0.4, -0.2) is 45.9 Å². The van der Waals surface area contributed by atoms with Crippen molar-refractivity contribution in [3.8, 4) is 11.5 Å². The minimum atomic E-state index is -3.87. The molecule has 30 heavy (non-hydrogen) atoms. The first kappa shape index (κ1) is 22.7. The van der Waals surface area contributed by atoms with Crippen LogP contribution in [0.1, 0.15) is 12.8 Å². The maximum atomic E-state index is 13.1. The standard InChI is InChI=1S/C20H22Cl2N2O5S/c1-28-17-8-6-15(11-18(17)29-2)23-20(25)13-4-3-9-24(12-13)30(26,27)19-10-14(21)5-7-16(19)22/h5-8,10-11,13H,3-4,9,12H2,1-2H3,(H,23,25). The molecule has 0 bridgehead atoms. The number of hydrogen-bond donors (Lipinski definition) is 1. The molecule has 1 fully saturated rings. The molecule has 1 atom stereocenters. The predicted molar refractivity (Wildman–Crippen MR) is 116 cm³/mol. The summed E-state index contributed by atoms with van der Waals surface area (Å²) in [6.45, 7) is 0.371. The highest BCUT2D eigenvalue weighted by Gasteiger charge is 2.34. The molecule has 2 aromatic rings. The zero-order chi connectivity index (χ0) is 21.9. The van der Waals surface area contributed by atoms with Crippen molar-refractivity contribution in [2.75, 3.05) is 32.6 Å². The molecule has 7 nitrogen and oxygen atoms in total. The third-order valence-corrected chi connectivity index (χ3v) is 7.50. The Morgan fingerprint density at radius 3 is 2.53 bits per heavy atom. The van der Waals surface area contributed by atoms with Crippen LogP contribution >= 0.6 is 23.2 Å². The van der Waals surface area contributed by atoms with E-state index in [4.69, 9.17) is 32.7 Å². The Hall–Kier alpha value is -2.00. The van der Waals surface area contributed by atoms with Crippen molar-refractivity contribution in [1.29, 1.82) is 0 Å². The van der Waals surface area contributed by atoms with Crippen LogP contribution in [0, 0.1) is 5.92 Å². The SMILES string of the molecule is COc1ccc(NC(=O)C2CCCN(S(=O)(=O)c3cc(Cl)ccc3Cl)C2)cc1OC. The third kappa shape index (κ3) is 4.83. The maximum Gasteiger partial charge on any atom is 0.244 e. The number of rotatable bonds is 6. The number of piperidine rings is 1. The third-order valence-electron chi connectivity index (χ3n) is 4.92. The molecule has 0 radical (unpaired) electrons. The van der Waals surface area contributed by atoms with E-state index in [0.717, 1.165) is 0 Å². The topological polar surface area (TPSA) is 84.9 Å². The average molecular weight is 473 g/mol. The lowest BCUT2D eigenvalue weighted by Crippen LogP contribution is -2.43. The van der Waals surface area contributed by atoms with Crippen molar-refractivity contribution in [2.24, 2.45) is 5.92 Å². The molecule has 1 unspecified atom stereocenters. The summed E-state index contributed by atoms with van der Waals surface area (Å²) in [7, 11) is -0.838. The molecular formula is C20H22Cl2N2O5S. The zero-order valence-corrected chi connectivity index (χ0v) is 18.9. The number of methoxy groups -OCH3 is 2. The fourth-order valence-corrected chi connectivity index (χ4v) is 5.61. The lowest BCUT2D eigenvalue weighted by Gasteiger charge is -2.31. The van der Waals surface area contributed by atoms with Gasteiger partial charge in [-0.15, -0.1) is 0 Å². The predicted octanol–water partition coefficient (Wildman–Crippen LogP) is 4.05. The number of benzene rings is 2. The van der Waals surface area contributed by atoms with Crippen LogP contribution in [0.15, 0.2) is 41.3 Å². The molecule has 1 aliphatic heterocycles. The molecule has 1 saturated heterocycles. The maximum absolute atomic E-state index is 13.1. The van der Waals surface area contributed by atoms with E-state index in [1.807, 2.05) is 0 Å². The van der Waals surface area contributed by atoms with Gasteiger partial charge in [0, 0.05) is 29.9 Å². The van der Waals surface area contributed by atoms with Gasteiger partial charge in [0.2, 0.25) is 15.9 Å². The summed E-state index contributed by atoms with van der Waals surface area (Å²) in [5.74, 6) is 0.265. The minimum absolute atomic E-state index is 0.0578. The van der Waals surface area contributed by atoms with Crippen LogP contribution < -0.4 is 14.8 Å². The summed E-state index contributed by atoms with van der Waals surface area (Å²) in [5.41, 5.74) is 0.538. The van der Waals surface area contributed by atoms with Crippen molar-refractivity contribution in [2.45, 2.75) is 17.7 Å². The summed E-state index contributed by atoms with van der Waals surface area (Å²) in [6.07, 6.45) is 1.13. The molecule has 0 aromatic heterocycles. The second-order valence-electron chi connectivity index (χ2n) is 6.84. The molecule has 1 N–H and O–H groups in total. The van der Waals surface area contributed by atoms with Crippen molar-refractivity contribution in [3.05, 3.63) is 46.4 Å². The van der Waals surface area contributed by atoms with Gasteiger partial charge in [0.1, 0.15) is 4.90 Å². The van der Waals surface area contributed by atoms with Crippen molar-refractivity contribution < 1.29 is 22.7 Å². The number of sulfonamides is 1. The Labute approximate surface area is 185 Å². The Morgan fingerprint density at radius 2 is 1.83 bits per heavy atom. The average Bonchev–Trinajstić information content (AvgIpc) is 2.75. The van der Waals surface area contributed by atoms with E-state index in [0.29, 0.717) is 36.6 Å². The molecular weight excluding hydrogens is 451 g/mol. The monoisotopic (exact) mass is 472 g/mol. The highest BCUT2D eigenvalue weighted by atomic mass is 35.5. The van der Waals surface area contributed by atoms with Crippen molar-refractivity contribution in [3.63, 3.8) is 0 Å². The van der Waals surface area contributed by atoms with E-state index in [1.165, 1.54) is 36.7 Å². The summed E-state index contributed by atoms with van der Waals surface area (Å²) in [5, 5.41) is 3.20. The quantitative estimate of drug-likeness (QED) is 0.685. The summed E-state index contributed by atoms with van der Waals surface area (Å²) >= 11 is 12.0. The van der Waals surface area contributed by atoms with Gasteiger partial charge in [0.05, 0.1) is 25.2 Å². The lowest BCUT2D eigenvalue weighted by molar-refractivity contribution is -0.120. The molecule has 2 aromatic carbocycles. The van der Waals surface area contributed by atoms with Gasteiger partial charge in [-0.3, -0.25) is 4.79 Å². The number of nitrogens with one attached hydrogen (secondary N) is 1. The van der Waals surface area contributed by atoms with Gasteiger partial charge < -0.3 is 14.8 Å². The van der Waals surface area contributed by atoms with Crippen molar-refractivity contribution >= 4 is 44.8 Å². The van der Waals surface area contributed by atoms with Gasteiger partial charge in [-0.05, 0) is 43.2 Å². The number of anilines is 1. The van der Waals surface area contributed by atoms with Crippen LogP contribution in [0.4, 0.5) is 5.69 Å². The van der Waals surface area contributed by atoms with Gasteiger partial charge in [-0.1, -0.05) is 23.2 Å². The molecule has 162 valence electrons. The Kier molecular flexibility index (Phi) is 7.13. The lowest BCUT2D eigenvalue weighted by atomic mass is 9.98. The number of nitrogens with zero attached hydrogens (tertiary/aromatic N) is 1. The van der Waals surface area contributed by atoms with E-state index in [2.05, 4.69) is 5.32 Å². The Bertz CT molecular complexity index is 1050. The first-order valence-electron chi connectivity index (χ1n) is 9.24. The van der Waals surface area contributed by atoms with Gasteiger partial charge in [-0.2, -0.15) is 4.31 Å². The minimum Gasteiger partial charge on any atom is -0.493 e. The fourth-order valence-electron chi connectivity index (χ4n) is 3.35. The summed E-state index contributed by atoms with van der Waals surface area (Å²) < 4.78 is 37.8. The molecule has 3 rings (SSSR count). The molecule has 1 amide bonds. The Morgan fingerprint density at radius 1 is 1.10 bits per heavy atom. The molecule has 10 heteroatoms. The number of halogens is 2. The molecule has 0 aliphatic carbocycles. The molecule has 1 heterocycles. The number of amides is 1. The number of carbonyl (C=O) groups excluding carboxylic acids is 1. The van der Waals surface area contributed by atoms with E-state index < -0.39 is 15.9 Å². The second-order valence-corrected chi connectivity index (χ2v) is 9.59. The Balaban J connectivity index is 1.76. The highest BCUT2D eigenvalue weighted by Crippen LogP contribution is 2.32. The summed E-state index contributed by atoms with van der Waals surface area (Å²) in [4.78, 5) is 12.7. The van der Waals surface area contributed by atoms with E-state index in [-0.39, 0.29) is 27.4 Å². The first-order chi connectivity index (χ1) is 14.3. The molecule has 0 spiro atoms. The van der Waals surface area contributed by atoms with Crippen LogP contribution in [0.5, 0.6) is 11.5 Å². The number of ether oxygens (including phenoxy) is 2. The molecule has 0 saturated carbocycles. The first-order valence-corrected chi connectivity index (χ1v) is 11.4. The van der Waals surface area contributed by atoms with E-state index >= 15 is 0 Å². The van der Waals surface area contributed by atoms with Gasteiger partial charge in [0.15, 0.2) is 11.5 Å². The second kappa shape index (κ2) is 9.43. The largest absolute Gasteiger partial charge is 0.493 e. The van der Waals surface area contributed by atoms with Gasteiger partial charge in [0.25, 0.3) is 0 Å². The zero-order valence-electron chi connectivity index (χ0n) is 16.5. The van der Waals surface area contributed by atoms with E-state index in [1.54, 1.807) is 18.2 Å². The van der Waals surface area contributed by atoms with Crippen LogP contribution in [0.2, 0.25) is 10.0 Å². The van der Waals surface area contributed by atoms with Crippen LogP contribution in [0.25, 0.3) is 0 Å².